The third kappa shape index (κ3) is 3.63. The SMILES string of the molecule is CNC(=O)CNCc1cc(F)ccc1F. The Morgan fingerprint density at radius 3 is 2.80 bits per heavy atom. The first-order valence-electron chi connectivity index (χ1n) is 4.48. The molecule has 0 radical (unpaired) electrons. The molecule has 0 aliphatic rings. The van der Waals surface area contributed by atoms with E-state index >= 15 is 0 Å². The summed E-state index contributed by atoms with van der Waals surface area (Å²) < 4.78 is 25.8. The number of carbonyl (C=O) groups excluding carboxylic acids is 1. The summed E-state index contributed by atoms with van der Waals surface area (Å²) in [7, 11) is 1.51. The molecule has 1 aromatic carbocycles. The molecule has 1 aromatic rings. The van der Waals surface area contributed by atoms with Gasteiger partial charge in [-0.2, -0.15) is 0 Å². The van der Waals surface area contributed by atoms with Gasteiger partial charge in [0.05, 0.1) is 6.54 Å². The molecule has 5 heteroatoms. The second-order valence-electron chi connectivity index (χ2n) is 3.01. The monoisotopic (exact) mass is 214 g/mol. The first kappa shape index (κ1) is 11.6. The highest BCUT2D eigenvalue weighted by Crippen LogP contribution is 2.08. The Morgan fingerprint density at radius 2 is 2.13 bits per heavy atom. The van der Waals surface area contributed by atoms with Gasteiger partial charge in [-0.15, -0.1) is 0 Å². The van der Waals surface area contributed by atoms with Crippen molar-refractivity contribution >= 4 is 5.91 Å². The fourth-order valence-corrected chi connectivity index (χ4v) is 1.08. The van der Waals surface area contributed by atoms with Crippen LogP contribution in [-0.4, -0.2) is 19.5 Å². The van der Waals surface area contributed by atoms with Crippen molar-refractivity contribution in [3.05, 3.63) is 35.4 Å². The van der Waals surface area contributed by atoms with Crippen LogP contribution in [0.3, 0.4) is 0 Å². The second kappa shape index (κ2) is 5.41. The van der Waals surface area contributed by atoms with Crippen LogP contribution < -0.4 is 10.6 Å². The quantitative estimate of drug-likeness (QED) is 0.778. The molecule has 1 rings (SSSR count). The van der Waals surface area contributed by atoms with Gasteiger partial charge in [-0.05, 0) is 18.2 Å². The second-order valence-corrected chi connectivity index (χ2v) is 3.01. The Labute approximate surface area is 86.5 Å². The van der Waals surface area contributed by atoms with Crippen LogP contribution in [0.2, 0.25) is 0 Å². The topological polar surface area (TPSA) is 41.1 Å². The van der Waals surface area contributed by atoms with Crippen LogP contribution in [0.5, 0.6) is 0 Å². The zero-order valence-electron chi connectivity index (χ0n) is 8.31. The lowest BCUT2D eigenvalue weighted by atomic mass is 10.2. The first-order chi connectivity index (χ1) is 7.13. The summed E-state index contributed by atoms with van der Waals surface area (Å²) >= 11 is 0. The van der Waals surface area contributed by atoms with E-state index in [2.05, 4.69) is 10.6 Å². The van der Waals surface area contributed by atoms with E-state index < -0.39 is 11.6 Å². The van der Waals surface area contributed by atoms with Gasteiger partial charge in [0.15, 0.2) is 0 Å². The predicted octanol–water partition coefficient (Wildman–Crippen LogP) is 0.800. The highest BCUT2D eigenvalue weighted by molar-refractivity contribution is 5.77. The number of amides is 1. The standard InChI is InChI=1S/C10H12F2N2O/c1-13-10(15)6-14-5-7-4-8(11)2-3-9(7)12/h2-4,14H,5-6H2,1H3,(H,13,15). The number of hydrogen-bond donors (Lipinski definition) is 2. The Balaban J connectivity index is 2.50. The molecule has 1 amide bonds. The maximum Gasteiger partial charge on any atom is 0.233 e. The van der Waals surface area contributed by atoms with Crippen LogP contribution in [0.25, 0.3) is 0 Å². The predicted molar refractivity (Wildman–Crippen MR) is 52.1 cm³/mol. The third-order valence-corrected chi connectivity index (χ3v) is 1.89. The van der Waals surface area contributed by atoms with Crippen molar-refractivity contribution in [1.82, 2.24) is 10.6 Å². The molecule has 0 unspecified atom stereocenters. The van der Waals surface area contributed by atoms with E-state index in [4.69, 9.17) is 0 Å². The van der Waals surface area contributed by atoms with Gasteiger partial charge in [-0.1, -0.05) is 0 Å². The number of nitrogens with one attached hydrogen (secondary N) is 2. The molecular formula is C10H12F2N2O. The van der Waals surface area contributed by atoms with Crippen LogP contribution in [0.4, 0.5) is 8.78 Å². The van der Waals surface area contributed by atoms with Crippen molar-refractivity contribution in [2.75, 3.05) is 13.6 Å². The van der Waals surface area contributed by atoms with Crippen LogP contribution in [0.1, 0.15) is 5.56 Å². The molecule has 3 nitrogen and oxygen atoms in total. The molecule has 2 N–H and O–H groups in total. The van der Waals surface area contributed by atoms with Crippen LogP contribution >= 0.6 is 0 Å². The lowest BCUT2D eigenvalue weighted by molar-refractivity contribution is -0.119. The summed E-state index contributed by atoms with van der Waals surface area (Å²) in [5.41, 5.74) is 0.207. The summed E-state index contributed by atoms with van der Waals surface area (Å²) in [6, 6.07) is 3.22. The Hall–Kier alpha value is -1.49. The third-order valence-electron chi connectivity index (χ3n) is 1.89. The lowest BCUT2D eigenvalue weighted by Gasteiger charge is -2.05. The molecule has 0 saturated heterocycles. The number of rotatable bonds is 4. The van der Waals surface area contributed by atoms with Crippen LogP contribution in [-0.2, 0) is 11.3 Å². The van der Waals surface area contributed by atoms with E-state index in [1.165, 1.54) is 7.05 Å². The molecule has 0 saturated carbocycles. The number of benzene rings is 1. The summed E-state index contributed by atoms with van der Waals surface area (Å²) in [6.07, 6.45) is 0. The van der Waals surface area contributed by atoms with Gasteiger partial charge in [0, 0.05) is 19.2 Å². The minimum absolute atomic E-state index is 0.0758. The summed E-state index contributed by atoms with van der Waals surface area (Å²) in [6.45, 7) is 0.198. The molecule has 15 heavy (non-hydrogen) atoms. The molecule has 0 fully saturated rings. The van der Waals surface area contributed by atoms with Crippen LogP contribution in [0.15, 0.2) is 18.2 Å². The Kier molecular flexibility index (Phi) is 4.17. The number of halogens is 2. The maximum atomic E-state index is 13.1. The van der Waals surface area contributed by atoms with Gasteiger partial charge in [0.2, 0.25) is 5.91 Å². The average Bonchev–Trinajstić information content (AvgIpc) is 2.23. The molecule has 0 heterocycles. The summed E-state index contributed by atoms with van der Waals surface area (Å²) in [5, 5.41) is 5.11. The van der Waals surface area contributed by atoms with Crippen molar-refractivity contribution in [3.63, 3.8) is 0 Å². The minimum Gasteiger partial charge on any atom is -0.358 e. The van der Waals surface area contributed by atoms with Crippen molar-refractivity contribution in [1.29, 1.82) is 0 Å². The van der Waals surface area contributed by atoms with E-state index in [1.807, 2.05) is 0 Å². The molecule has 0 aliphatic carbocycles. The highest BCUT2D eigenvalue weighted by atomic mass is 19.1. The zero-order chi connectivity index (χ0) is 11.3. The van der Waals surface area contributed by atoms with E-state index in [-0.39, 0.29) is 24.6 Å². The van der Waals surface area contributed by atoms with Crippen molar-refractivity contribution in [3.8, 4) is 0 Å². The van der Waals surface area contributed by atoms with E-state index in [9.17, 15) is 13.6 Å². The van der Waals surface area contributed by atoms with E-state index in [1.54, 1.807) is 0 Å². The minimum atomic E-state index is -0.492. The first-order valence-corrected chi connectivity index (χ1v) is 4.48. The average molecular weight is 214 g/mol. The molecular weight excluding hydrogens is 202 g/mol. The lowest BCUT2D eigenvalue weighted by Crippen LogP contribution is -2.31. The van der Waals surface area contributed by atoms with Crippen molar-refractivity contribution in [2.45, 2.75) is 6.54 Å². The van der Waals surface area contributed by atoms with Gasteiger partial charge in [-0.3, -0.25) is 4.79 Å². The molecule has 0 bridgehead atoms. The summed E-state index contributed by atoms with van der Waals surface area (Å²) in [5.74, 6) is -1.18. The smallest absolute Gasteiger partial charge is 0.233 e. The van der Waals surface area contributed by atoms with Gasteiger partial charge in [-0.25, -0.2) is 8.78 Å². The fourth-order valence-electron chi connectivity index (χ4n) is 1.08. The van der Waals surface area contributed by atoms with E-state index in [0.29, 0.717) is 0 Å². The zero-order valence-corrected chi connectivity index (χ0v) is 8.31. The van der Waals surface area contributed by atoms with Gasteiger partial charge in [0.25, 0.3) is 0 Å². The van der Waals surface area contributed by atoms with Gasteiger partial charge in [0.1, 0.15) is 11.6 Å². The number of hydrogen-bond acceptors (Lipinski definition) is 2. The van der Waals surface area contributed by atoms with Crippen molar-refractivity contribution < 1.29 is 13.6 Å². The van der Waals surface area contributed by atoms with Crippen LogP contribution in [0, 0.1) is 11.6 Å². The van der Waals surface area contributed by atoms with Gasteiger partial charge >= 0.3 is 0 Å². The molecule has 82 valence electrons. The molecule has 0 atom stereocenters. The fraction of sp³-hybridized carbons (Fsp3) is 0.300. The van der Waals surface area contributed by atoms with E-state index in [0.717, 1.165) is 18.2 Å². The molecule has 0 aromatic heterocycles. The molecule has 0 aliphatic heterocycles. The van der Waals surface area contributed by atoms with Crippen molar-refractivity contribution in [2.24, 2.45) is 0 Å². The molecule has 0 spiro atoms. The number of likely N-dealkylation sites (N-methyl/N-ethyl adjacent to an activating group) is 1. The summed E-state index contributed by atoms with van der Waals surface area (Å²) in [4.78, 5) is 10.8. The number of carbonyl (C=O) groups is 1. The maximum absolute atomic E-state index is 13.1. The van der Waals surface area contributed by atoms with Gasteiger partial charge < -0.3 is 10.6 Å². The largest absolute Gasteiger partial charge is 0.358 e. The Bertz CT molecular complexity index is 355. The Morgan fingerprint density at radius 1 is 1.40 bits per heavy atom. The normalized spacial score (nSPS) is 10.1. The highest BCUT2D eigenvalue weighted by Gasteiger charge is 2.04.